The van der Waals surface area contributed by atoms with Crippen molar-refractivity contribution >= 4 is 63.4 Å². The van der Waals surface area contributed by atoms with Crippen molar-refractivity contribution < 1.29 is 9.09 Å². The largest absolute Gasteiger partial charge is 0.428 e. The minimum absolute atomic E-state index is 0.0748. The van der Waals surface area contributed by atoms with Crippen LogP contribution in [0.1, 0.15) is 5.56 Å². The highest BCUT2D eigenvalue weighted by atomic mass is 35.9. The quantitative estimate of drug-likeness (QED) is 0.531. The van der Waals surface area contributed by atoms with E-state index in [-0.39, 0.29) is 11.3 Å². The molecule has 0 heterocycles. The van der Waals surface area contributed by atoms with Gasteiger partial charge in [0.1, 0.15) is 5.75 Å². The summed E-state index contributed by atoms with van der Waals surface area (Å²) in [5.74, 6) is 0.0748. The van der Waals surface area contributed by atoms with E-state index < -0.39 is 9.87 Å². The fraction of sp³-hybridized carbons (Fsp3) is 0.143. The lowest BCUT2D eigenvalue weighted by atomic mass is 10.2. The molecule has 0 aromatic heterocycles. The maximum atomic E-state index is 11.0. The zero-order valence-corrected chi connectivity index (χ0v) is 11.6. The maximum absolute atomic E-state index is 11.0. The lowest BCUT2D eigenvalue weighted by molar-refractivity contribution is 0.510. The molecule has 0 aliphatic carbocycles. The third-order valence-electron chi connectivity index (χ3n) is 1.40. The zero-order chi connectivity index (χ0) is 11.7. The van der Waals surface area contributed by atoms with Crippen molar-refractivity contribution in [2.45, 2.75) is 3.79 Å². The third kappa shape index (κ3) is 4.60. The van der Waals surface area contributed by atoms with E-state index in [1.165, 1.54) is 12.1 Å². The normalized spacial score (nSPS) is 12.6. The molecule has 0 spiro atoms. The lowest BCUT2D eigenvalue weighted by Gasteiger charge is -2.16. The lowest BCUT2D eigenvalue weighted by Crippen LogP contribution is -2.02. The van der Waals surface area contributed by atoms with Crippen molar-refractivity contribution in [3.8, 4) is 5.75 Å². The summed E-state index contributed by atoms with van der Waals surface area (Å²) in [6.45, 7) is 0. The molecule has 1 aromatic rings. The predicted octanol–water partition coefficient (Wildman–Crippen LogP) is 5.48. The molecule has 0 N–H and O–H groups in total. The first-order chi connectivity index (χ1) is 6.70. The molecular formula is C7H4Cl5O2P. The fourth-order valence-electron chi connectivity index (χ4n) is 0.895. The van der Waals surface area contributed by atoms with Gasteiger partial charge in [-0.3, -0.25) is 0 Å². The molecule has 0 fully saturated rings. The molecule has 1 aromatic carbocycles. The number of halogens is 5. The molecule has 0 unspecified atom stereocenters. The van der Waals surface area contributed by atoms with Gasteiger partial charge in [0.2, 0.25) is 3.79 Å². The molecule has 0 atom stereocenters. The Bertz CT molecular complexity index is 397. The van der Waals surface area contributed by atoms with Crippen LogP contribution >= 0.6 is 63.4 Å². The molecule has 15 heavy (non-hydrogen) atoms. The van der Waals surface area contributed by atoms with Gasteiger partial charge in [0.25, 0.3) is 0 Å². The van der Waals surface area contributed by atoms with E-state index in [2.05, 4.69) is 0 Å². The van der Waals surface area contributed by atoms with Gasteiger partial charge in [-0.1, -0.05) is 53.0 Å². The first-order valence-electron chi connectivity index (χ1n) is 3.55. The standard InChI is InChI=1S/C7H4Cl5O2P/c8-7(9,10)5-3-1-2-4-6(5)14-15(11,12)13/h1-4H. The van der Waals surface area contributed by atoms with Gasteiger partial charge in [-0.05, 0) is 6.07 Å². The fourth-order valence-corrected chi connectivity index (χ4v) is 2.20. The van der Waals surface area contributed by atoms with Crippen LogP contribution in [0, 0.1) is 0 Å². The van der Waals surface area contributed by atoms with Gasteiger partial charge in [-0.2, -0.15) is 0 Å². The Morgan fingerprint density at radius 1 is 1.13 bits per heavy atom. The first-order valence-corrected chi connectivity index (χ1v) is 8.12. The Hall–Kier alpha value is 0.700. The van der Waals surface area contributed by atoms with Gasteiger partial charge in [0.05, 0.1) is 0 Å². The van der Waals surface area contributed by atoms with Gasteiger partial charge >= 0.3 is 6.07 Å². The number of alkyl halides is 3. The van der Waals surface area contributed by atoms with E-state index in [9.17, 15) is 4.57 Å². The summed E-state index contributed by atoms with van der Waals surface area (Å²) in [6, 6.07) is 6.20. The molecule has 0 saturated carbocycles. The summed E-state index contributed by atoms with van der Waals surface area (Å²) < 4.78 is 14.1. The van der Waals surface area contributed by atoms with E-state index >= 15 is 0 Å². The van der Waals surface area contributed by atoms with Crippen LogP contribution in [0.5, 0.6) is 5.75 Å². The van der Waals surface area contributed by atoms with Crippen LogP contribution in [-0.4, -0.2) is 0 Å². The second-order valence-electron chi connectivity index (χ2n) is 2.50. The van der Waals surface area contributed by atoms with Gasteiger partial charge in [0, 0.05) is 28.0 Å². The van der Waals surface area contributed by atoms with Crippen LogP contribution < -0.4 is 4.52 Å². The van der Waals surface area contributed by atoms with E-state index in [4.69, 9.17) is 61.8 Å². The van der Waals surface area contributed by atoms with Crippen LogP contribution in [0.25, 0.3) is 0 Å². The molecule has 0 bridgehead atoms. The Kier molecular flexibility index (Phi) is 4.51. The minimum Gasteiger partial charge on any atom is -0.422 e. The van der Waals surface area contributed by atoms with Crippen LogP contribution in [0.4, 0.5) is 0 Å². The van der Waals surface area contributed by atoms with Crippen molar-refractivity contribution in [2.24, 2.45) is 0 Å². The molecule has 0 aliphatic rings. The molecule has 0 radical (unpaired) electrons. The van der Waals surface area contributed by atoms with Crippen molar-refractivity contribution in [1.29, 1.82) is 0 Å². The summed E-state index contributed by atoms with van der Waals surface area (Å²) in [4.78, 5) is 0. The Balaban J connectivity index is 3.14. The molecule has 0 amide bonds. The van der Waals surface area contributed by atoms with Gasteiger partial charge in [-0.25, -0.2) is 4.57 Å². The Morgan fingerprint density at radius 3 is 2.13 bits per heavy atom. The topological polar surface area (TPSA) is 26.3 Å². The Labute approximate surface area is 111 Å². The van der Waals surface area contributed by atoms with Crippen LogP contribution in [0.15, 0.2) is 24.3 Å². The average molecular weight is 328 g/mol. The molecular weight excluding hydrogens is 324 g/mol. The molecule has 8 heteroatoms. The number of para-hydroxylation sites is 1. The van der Waals surface area contributed by atoms with Crippen LogP contribution in [0.2, 0.25) is 0 Å². The monoisotopic (exact) mass is 326 g/mol. The number of hydrogen-bond acceptors (Lipinski definition) is 2. The first kappa shape index (κ1) is 13.8. The highest BCUT2D eigenvalue weighted by molar-refractivity contribution is 8.05. The highest BCUT2D eigenvalue weighted by Crippen LogP contribution is 2.58. The van der Waals surface area contributed by atoms with Crippen LogP contribution in [-0.2, 0) is 8.36 Å². The summed E-state index contributed by atoms with van der Waals surface area (Å²) in [5, 5.41) is 0. The second kappa shape index (κ2) is 4.91. The third-order valence-corrected chi connectivity index (χ3v) is 2.83. The van der Waals surface area contributed by atoms with E-state index in [0.717, 1.165) is 0 Å². The van der Waals surface area contributed by atoms with Crippen LogP contribution in [0.3, 0.4) is 0 Å². The SMILES string of the molecule is O=P(Cl)(Cl)Oc1ccccc1C(Cl)(Cl)Cl. The molecule has 0 saturated heterocycles. The number of hydrogen-bond donors (Lipinski definition) is 0. The smallest absolute Gasteiger partial charge is 0.422 e. The van der Waals surface area contributed by atoms with Gasteiger partial charge < -0.3 is 4.52 Å². The molecule has 84 valence electrons. The van der Waals surface area contributed by atoms with Crippen molar-refractivity contribution in [3.05, 3.63) is 29.8 Å². The average Bonchev–Trinajstić information content (AvgIpc) is 1.99. The van der Waals surface area contributed by atoms with Gasteiger partial charge in [0.15, 0.2) is 0 Å². The predicted molar refractivity (Wildman–Crippen MR) is 65.6 cm³/mol. The minimum atomic E-state index is -3.72. The van der Waals surface area contributed by atoms with Crippen molar-refractivity contribution in [3.63, 3.8) is 0 Å². The van der Waals surface area contributed by atoms with E-state index in [0.29, 0.717) is 0 Å². The van der Waals surface area contributed by atoms with Crippen molar-refractivity contribution in [1.82, 2.24) is 0 Å². The summed E-state index contributed by atoms with van der Waals surface area (Å²) in [6.07, 6.45) is -3.72. The molecule has 2 nitrogen and oxygen atoms in total. The Morgan fingerprint density at radius 2 is 1.67 bits per heavy atom. The second-order valence-corrected chi connectivity index (χ2v) is 8.98. The molecule has 0 aliphatic heterocycles. The summed E-state index contributed by atoms with van der Waals surface area (Å²) in [7, 11) is 0. The van der Waals surface area contributed by atoms with E-state index in [1.807, 2.05) is 0 Å². The summed E-state index contributed by atoms with van der Waals surface area (Å²) in [5.41, 5.74) is 0.219. The van der Waals surface area contributed by atoms with Crippen molar-refractivity contribution in [2.75, 3.05) is 0 Å². The summed E-state index contributed by atoms with van der Waals surface area (Å²) >= 11 is 27.5. The number of benzene rings is 1. The zero-order valence-electron chi connectivity index (χ0n) is 6.96. The van der Waals surface area contributed by atoms with Gasteiger partial charge in [-0.15, -0.1) is 0 Å². The number of rotatable bonds is 2. The maximum Gasteiger partial charge on any atom is 0.428 e. The van der Waals surface area contributed by atoms with E-state index in [1.54, 1.807) is 12.1 Å². The highest BCUT2D eigenvalue weighted by Gasteiger charge is 2.29. The molecule has 1 rings (SSSR count).